The zero-order valence-corrected chi connectivity index (χ0v) is 23.9. The zero-order chi connectivity index (χ0) is 29.3. The number of H-pyrrole nitrogens is 1. The largest absolute Gasteiger partial charge is 0.489 e. The van der Waals surface area contributed by atoms with Crippen molar-refractivity contribution in [3.05, 3.63) is 102 Å². The summed E-state index contributed by atoms with van der Waals surface area (Å²) in [7, 11) is 0. The average Bonchev–Trinajstić information content (AvgIpc) is 3.69. The van der Waals surface area contributed by atoms with Gasteiger partial charge in [0, 0.05) is 58.4 Å². The van der Waals surface area contributed by atoms with Crippen LogP contribution in [0.1, 0.15) is 36.0 Å². The molecule has 8 heteroatoms. The third-order valence-electron chi connectivity index (χ3n) is 8.49. The summed E-state index contributed by atoms with van der Waals surface area (Å²) in [6, 6.07) is 23.5. The van der Waals surface area contributed by atoms with Crippen LogP contribution in [0.2, 0.25) is 0 Å². The second kappa shape index (κ2) is 11.6. The van der Waals surface area contributed by atoms with E-state index in [1.165, 1.54) is 6.42 Å². The molecule has 4 heterocycles. The van der Waals surface area contributed by atoms with Gasteiger partial charge < -0.3 is 24.3 Å². The normalized spacial score (nSPS) is 16.8. The number of para-hydroxylation sites is 1. The number of β-amino-alcohol motifs (C(OH)–C–C–N with tert-alkyl or cyclic N) is 1. The number of ether oxygens (including phenoxy) is 1. The fourth-order valence-electron chi connectivity index (χ4n) is 6.43. The third kappa shape index (κ3) is 5.35. The van der Waals surface area contributed by atoms with Gasteiger partial charge in [-0.25, -0.2) is 0 Å². The van der Waals surface area contributed by atoms with E-state index in [0.29, 0.717) is 47.7 Å². The molecule has 43 heavy (non-hydrogen) atoms. The lowest BCUT2D eigenvalue weighted by atomic mass is 9.95. The van der Waals surface area contributed by atoms with Crippen molar-refractivity contribution in [3.63, 3.8) is 0 Å². The van der Waals surface area contributed by atoms with E-state index >= 15 is 0 Å². The molecule has 1 saturated heterocycles. The number of piperidine rings is 1. The number of rotatable bonds is 9. The summed E-state index contributed by atoms with van der Waals surface area (Å²) in [5, 5.41) is 15.3. The molecule has 0 spiro atoms. The van der Waals surface area contributed by atoms with Crippen LogP contribution in [-0.4, -0.2) is 57.1 Å². The molecule has 1 unspecified atom stereocenters. The zero-order valence-electron chi connectivity index (χ0n) is 23.9. The summed E-state index contributed by atoms with van der Waals surface area (Å²) < 4.78 is 8.16. The third-order valence-corrected chi connectivity index (χ3v) is 8.49. The second-order valence-electron chi connectivity index (χ2n) is 11.4. The first kappa shape index (κ1) is 27.2. The number of benzene rings is 3. The molecule has 8 nitrogen and oxygen atoms in total. The number of carbonyl (C=O) groups excluding carboxylic acids is 2. The van der Waals surface area contributed by atoms with Crippen molar-refractivity contribution in [2.75, 3.05) is 19.6 Å². The Labute approximate surface area is 249 Å². The lowest BCUT2D eigenvalue weighted by Crippen LogP contribution is -2.37. The van der Waals surface area contributed by atoms with Gasteiger partial charge in [-0.3, -0.25) is 14.9 Å². The van der Waals surface area contributed by atoms with E-state index in [4.69, 9.17) is 4.74 Å². The summed E-state index contributed by atoms with van der Waals surface area (Å²) in [6.07, 6.45) is 6.64. The summed E-state index contributed by atoms with van der Waals surface area (Å²) in [5.74, 6) is -0.204. The van der Waals surface area contributed by atoms with E-state index in [0.717, 1.165) is 53.3 Å². The van der Waals surface area contributed by atoms with Crippen molar-refractivity contribution in [2.24, 2.45) is 0 Å². The first-order valence-electron chi connectivity index (χ1n) is 14.9. The first-order chi connectivity index (χ1) is 21.0. The van der Waals surface area contributed by atoms with Crippen LogP contribution in [0.3, 0.4) is 0 Å². The van der Waals surface area contributed by atoms with Gasteiger partial charge in [-0.15, -0.1) is 0 Å². The van der Waals surface area contributed by atoms with Crippen LogP contribution in [0.4, 0.5) is 0 Å². The van der Waals surface area contributed by atoms with Gasteiger partial charge in [0.25, 0.3) is 11.8 Å². The molecule has 0 radical (unpaired) electrons. The van der Waals surface area contributed by atoms with Gasteiger partial charge >= 0.3 is 0 Å². The number of aliphatic hydroxyl groups is 1. The van der Waals surface area contributed by atoms with Crippen LogP contribution in [0.25, 0.3) is 33.0 Å². The SMILES string of the molecule is O=C1NC(=O)C(c2cn(CC(O)CN3CCCCC3)c3ccc(OCc4ccccc4)cc23)=C1c1c[nH]c2ccccc12. The highest BCUT2D eigenvalue weighted by molar-refractivity contribution is 6.50. The predicted molar refractivity (Wildman–Crippen MR) is 167 cm³/mol. The molecule has 1 fully saturated rings. The second-order valence-corrected chi connectivity index (χ2v) is 11.4. The lowest BCUT2D eigenvalue weighted by molar-refractivity contribution is -0.122. The number of hydrogen-bond acceptors (Lipinski definition) is 5. The Hall–Kier alpha value is -4.66. The number of aliphatic hydroxyl groups excluding tert-OH is 1. The van der Waals surface area contributed by atoms with E-state index in [9.17, 15) is 14.7 Å². The lowest BCUT2D eigenvalue weighted by Gasteiger charge is -2.28. The predicted octanol–water partition coefficient (Wildman–Crippen LogP) is 5.12. The van der Waals surface area contributed by atoms with Crippen LogP contribution in [0.5, 0.6) is 5.75 Å². The van der Waals surface area contributed by atoms with Crippen LogP contribution >= 0.6 is 0 Å². The topological polar surface area (TPSA) is 99.6 Å². The van der Waals surface area contributed by atoms with Gasteiger partial charge in [0.2, 0.25) is 0 Å². The van der Waals surface area contributed by atoms with E-state index in [2.05, 4.69) is 15.2 Å². The minimum absolute atomic E-state index is 0.323. The maximum atomic E-state index is 13.5. The van der Waals surface area contributed by atoms with E-state index in [-0.39, 0.29) is 0 Å². The van der Waals surface area contributed by atoms with Crippen LogP contribution in [0, 0.1) is 0 Å². The average molecular weight is 575 g/mol. The Morgan fingerprint density at radius 3 is 2.37 bits per heavy atom. The number of nitrogens with one attached hydrogen (secondary N) is 2. The molecular weight excluding hydrogens is 540 g/mol. The van der Waals surface area contributed by atoms with Gasteiger partial charge in [-0.05, 0) is 55.8 Å². The molecule has 0 saturated carbocycles. The Balaban J connectivity index is 1.32. The summed E-state index contributed by atoms with van der Waals surface area (Å²) in [4.78, 5) is 32.3. The molecule has 2 aliphatic rings. The van der Waals surface area contributed by atoms with Gasteiger partial charge in [-0.1, -0.05) is 55.0 Å². The van der Waals surface area contributed by atoms with Crippen LogP contribution < -0.4 is 10.1 Å². The number of aromatic nitrogens is 2. The molecule has 5 aromatic rings. The first-order valence-corrected chi connectivity index (χ1v) is 14.9. The number of imide groups is 1. The van der Waals surface area contributed by atoms with E-state index in [1.807, 2.05) is 83.6 Å². The number of carbonyl (C=O) groups is 2. The Morgan fingerprint density at radius 1 is 0.814 bits per heavy atom. The maximum Gasteiger partial charge on any atom is 0.259 e. The Morgan fingerprint density at radius 2 is 1.56 bits per heavy atom. The molecule has 218 valence electrons. The quantitative estimate of drug-likeness (QED) is 0.212. The van der Waals surface area contributed by atoms with Gasteiger partial charge in [0.05, 0.1) is 17.3 Å². The van der Waals surface area contributed by atoms with E-state index in [1.54, 1.807) is 6.20 Å². The fraction of sp³-hybridized carbons (Fsp3) is 0.257. The van der Waals surface area contributed by atoms with Gasteiger partial charge in [-0.2, -0.15) is 0 Å². The number of likely N-dealkylation sites (tertiary alicyclic amines) is 1. The molecule has 3 N–H and O–H groups in total. The van der Waals surface area contributed by atoms with Crippen molar-refractivity contribution >= 4 is 44.8 Å². The van der Waals surface area contributed by atoms with Crippen molar-refractivity contribution < 1.29 is 19.4 Å². The molecule has 7 rings (SSSR count). The number of hydrogen-bond donors (Lipinski definition) is 3. The number of amides is 2. The monoisotopic (exact) mass is 574 g/mol. The smallest absolute Gasteiger partial charge is 0.259 e. The highest BCUT2D eigenvalue weighted by atomic mass is 16.5. The number of aromatic amines is 1. The van der Waals surface area contributed by atoms with E-state index < -0.39 is 17.9 Å². The minimum atomic E-state index is -0.586. The molecule has 2 aromatic heterocycles. The highest BCUT2D eigenvalue weighted by Crippen LogP contribution is 2.39. The van der Waals surface area contributed by atoms with Crippen LogP contribution in [0.15, 0.2) is 85.2 Å². The molecule has 1 atom stereocenters. The van der Waals surface area contributed by atoms with Crippen molar-refractivity contribution in [1.82, 2.24) is 19.8 Å². The minimum Gasteiger partial charge on any atom is -0.489 e. The highest BCUT2D eigenvalue weighted by Gasteiger charge is 2.35. The molecule has 0 bridgehead atoms. The summed E-state index contributed by atoms with van der Waals surface area (Å²) in [5.41, 5.74) is 4.76. The van der Waals surface area contributed by atoms with Gasteiger partial charge in [0.15, 0.2) is 0 Å². The Kier molecular flexibility index (Phi) is 7.30. The Bertz CT molecular complexity index is 1850. The summed E-state index contributed by atoms with van der Waals surface area (Å²) in [6.45, 7) is 3.36. The maximum absolute atomic E-state index is 13.5. The molecule has 3 aromatic carbocycles. The molecule has 2 aliphatic heterocycles. The fourth-order valence-corrected chi connectivity index (χ4v) is 6.43. The number of fused-ring (bicyclic) bond motifs is 2. The van der Waals surface area contributed by atoms with Crippen molar-refractivity contribution in [2.45, 2.75) is 38.5 Å². The standard InChI is InChI=1S/C35H34N4O4/c40-24(19-38-15-7-2-8-16-38)20-39-21-29(27-17-25(13-14-31(27)39)43-22-23-9-3-1-4-10-23)33-32(34(41)37-35(33)42)28-18-36-30-12-6-5-11-26(28)30/h1,3-6,9-14,17-18,21,24,36,40H,2,7-8,15-16,19-20,22H2,(H,37,41,42). The van der Waals surface area contributed by atoms with Crippen molar-refractivity contribution in [1.29, 1.82) is 0 Å². The molecular formula is C35H34N4O4. The molecule has 2 amide bonds. The van der Waals surface area contributed by atoms with Crippen LogP contribution in [-0.2, 0) is 22.7 Å². The van der Waals surface area contributed by atoms with Gasteiger partial charge in [0.1, 0.15) is 12.4 Å². The summed E-state index contributed by atoms with van der Waals surface area (Å²) >= 11 is 0. The van der Waals surface area contributed by atoms with Crippen molar-refractivity contribution in [3.8, 4) is 5.75 Å². The number of nitrogens with zero attached hydrogens (tertiary/aromatic N) is 2. The molecule has 0 aliphatic carbocycles.